The van der Waals surface area contributed by atoms with Crippen LogP contribution in [0.2, 0.25) is 0 Å². The first kappa shape index (κ1) is 12.1. The molecule has 2 aromatic carbocycles. The van der Waals surface area contributed by atoms with Crippen LogP contribution < -0.4 is 4.90 Å². The Hall–Kier alpha value is -1.94. The van der Waals surface area contributed by atoms with Crippen molar-refractivity contribution in [1.82, 2.24) is 0 Å². The molecule has 96 valence electrons. The summed E-state index contributed by atoms with van der Waals surface area (Å²) in [6, 6.07) is 14.6. The number of amides is 1. The zero-order valence-electron chi connectivity index (χ0n) is 10.2. The number of rotatable bonds is 1. The highest BCUT2D eigenvalue weighted by atomic mass is 32.2. The van der Waals surface area contributed by atoms with Crippen molar-refractivity contribution in [1.29, 1.82) is 0 Å². The maximum atomic E-state index is 12.3. The molecule has 0 saturated carbocycles. The molecule has 0 bridgehead atoms. The molecule has 1 aliphatic rings. The van der Waals surface area contributed by atoms with Gasteiger partial charge in [-0.1, -0.05) is 12.1 Å². The van der Waals surface area contributed by atoms with Crippen molar-refractivity contribution < 1.29 is 9.90 Å². The predicted molar refractivity (Wildman–Crippen MR) is 77.0 cm³/mol. The van der Waals surface area contributed by atoms with Crippen LogP contribution in [-0.4, -0.2) is 16.8 Å². The van der Waals surface area contributed by atoms with Gasteiger partial charge in [0.25, 0.3) is 0 Å². The van der Waals surface area contributed by atoms with Crippen LogP contribution in [0, 0.1) is 0 Å². The third-order valence-electron chi connectivity index (χ3n) is 3.04. The van der Waals surface area contributed by atoms with E-state index >= 15 is 0 Å². The van der Waals surface area contributed by atoms with Crippen LogP contribution in [0.1, 0.15) is 6.42 Å². The number of carbonyl (C=O) groups is 1. The maximum absolute atomic E-state index is 12.3. The molecule has 0 fully saturated rings. The van der Waals surface area contributed by atoms with E-state index in [-0.39, 0.29) is 11.7 Å². The van der Waals surface area contributed by atoms with Crippen molar-refractivity contribution in [2.45, 2.75) is 11.3 Å². The molecule has 0 spiro atoms. The first-order valence-electron chi connectivity index (χ1n) is 6.09. The number of phenols is 1. The highest BCUT2D eigenvalue weighted by Crippen LogP contribution is 2.38. The minimum atomic E-state index is 0.0862. The zero-order valence-corrected chi connectivity index (χ0v) is 11.1. The minimum absolute atomic E-state index is 0.0862. The number of nitrogens with zero attached hydrogens (tertiary/aromatic N) is 1. The third kappa shape index (κ3) is 2.31. The molecule has 1 heterocycles. The Kier molecular flexibility index (Phi) is 3.17. The Labute approximate surface area is 115 Å². The molecule has 0 atom stereocenters. The largest absolute Gasteiger partial charge is 0.508 e. The van der Waals surface area contributed by atoms with Gasteiger partial charge in [0.15, 0.2) is 0 Å². The topological polar surface area (TPSA) is 40.5 Å². The molecule has 3 nitrogen and oxygen atoms in total. The number of anilines is 2. The van der Waals surface area contributed by atoms with Crippen molar-refractivity contribution in [3.05, 3.63) is 48.5 Å². The summed E-state index contributed by atoms with van der Waals surface area (Å²) in [6.07, 6.45) is 0.514. The van der Waals surface area contributed by atoms with Gasteiger partial charge in [0.1, 0.15) is 5.75 Å². The molecule has 0 saturated heterocycles. The summed E-state index contributed by atoms with van der Waals surface area (Å²) in [5.41, 5.74) is 1.71. The lowest BCUT2D eigenvalue weighted by Gasteiger charge is -2.22. The number of fused-ring (bicyclic) bond motifs is 1. The summed E-state index contributed by atoms with van der Waals surface area (Å²) in [7, 11) is 0. The second kappa shape index (κ2) is 4.97. The van der Waals surface area contributed by atoms with E-state index in [1.807, 2.05) is 24.3 Å². The standard InChI is InChI=1S/C15H13NO2S/c17-12-7-5-11(6-8-12)16-13-3-1-2-4-14(13)19-10-9-15(16)18/h1-8,17H,9-10H2. The van der Waals surface area contributed by atoms with Gasteiger partial charge in [-0.25, -0.2) is 0 Å². The first-order valence-corrected chi connectivity index (χ1v) is 7.08. The van der Waals surface area contributed by atoms with Crippen molar-refractivity contribution in [2.24, 2.45) is 0 Å². The van der Waals surface area contributed by atoms with Crippen LogP contribution in [-0.2, 0) is 4.79 Å². The van der Waals surface area contributed by atoms with E-state index < -0.39 is 0 Å². The SMILES string of the molecule is O=C1CCSc2ccccc2N1c1ccc(O)cc1. The van der Waals surface area contributed by atoms with Crippen LogP contribution in [0.3, 0.4) is 0 Å². The Bertz CT molecular complexity index is 610. The number of aromatic hydroxyl groups is 1. The molecule has 19 heavy (non-hydrogen) atoms. The normalized spacial score (nSPS) is 14.9. The first-order chi connectivity index (χ1) is 9.25. The van der Waals surface area contributed by atoms with E-state index in [9.17, 15) is 9.90 Å². The zero-order chi connectivity index (χ0) is 13.2. The molecule has 0 aromatic heterocycles. The van der Waals surface area contributed by atoms with E-state index in [0.717, 1.165) is 22.0 Å². The van der Waals surface area contributed by atoms with Crippen molar-refractivity contribution in [3.63, 3.8) is 0 Å². The Morgan fingerprint density at radius 3 is 2.58 bits per heavy atom. The lowest BCUT2D eigenvalue weighted by atomic mass is 10.2. The van der Waals surface area contributed by atoms with Crippen molar-refractivity contribution >= 4 is 29.0 Å². The number of phenolic OH excluding ortho intramolecular Hbond substituents is 1. The molecule has 3 rings (SSSR count). The Morgan fingerprint density at radius 2 is 1.79 bits per heavy atom. The fourth-order valence-electron chi connectivity index (χ4n) is 2.14. The number of thioether (sulfide) groups is 1. The van der Waals surface area contributed by atoms with Crippen LogP contribution in [0.5, 0.6) is 5.75 Å². The van der Waals surface area contributed by atoms with Gasteiger partial charge in [-0.2, -0.15) is 0 Å². The van der Waals surface area contributed by atoms with Crippen LogP contribution in [0.15, 0.2) is 53.4 Å². The van der Waals surface area contributed by atoms with Crippen molar-refractivity contribution in [3.8, 4) is 5.75 Å². The molecule has 1 aliphatic heterocycles. The number of benzene rings is 2. The Morgan fingerprint density at radius 1 is 1.05 bits per heavy atom. The number of carbonyl (C=O) groups excluding carboxylic acids is 1. The highest BCUT2D eigenvalue weighted by molar-refractivity contribution is 7.99. The third-order valence-corrected chi connectivity index (χ3v) is 4.10. The second-order valence-corrected chi connectivity index (χ2v) is 5.45. The fourth-order valence-corrected chi connectivity index (χ4v) is 3.12. The average molecular weight is 271 g/mol. The predicted octanol–water partition coefficient (Wildman–Crippen LogP) is 3.55. The molecule has 0 unspecified atom stereocenters. The molecule has 4 heteroatoms. The molecule has 0 radical (unpaired) electrons. The van der Waals surface area contributed by atoms with Crippen LogP contribution >= 0.6 is 11.8 Å². The summed E-state index contributed by atoms with van der Waals surface area (Å²) < 4.78 is 0. The lowest BCUT2D eigenvalue weighted by Crippen LogP contribution is -2.25. The van der Waals surface area contributed by atoms with Gasteiger partial charge in [0.2, 0.25) is 5.91 Å². The van der Waals surface area contributed by atoms with E-state index in [2.05, 4.69) is 0 Å². The molecule has 1 amide bonds. The van der Waals surface area contributed by atoms with Crippen LogP contribution in [0.25, 0.3) is 0 Å². The number of para-hydroxylation sites is 1. The maximum Gasteiger partial charge on any atom is 0.232 e. The van der Waals surface area contributed by atoms with Gasteiger partial charge < -0.3 is 5.11 Å². The van der Waals surface area contributed by atoms with Gasteiger partial charge in [0, 0.05) is 22.8 Å². The molecule has 1 N–H and O–H groups in total. The van der Waals surface area contributed by atoms with Gasteiger partial charge in [-0.05, 0) is 36.4 Å². The van der Waals surface area contributed by atoms with E-state index in [4.69, 9.17) is 0 Å². The summed E-state index contributed by atoms with van der Waals surface area (Å²) >= 11 is 1.70. The summed E-state index contributed by atoms with van der Waals surface area (Å²) in [6.45, 7) is 0. The molecular formula is C15H13NO2S. The monoisotopic (exact) mass is 271 g/mol. The number of hydrogen-bond acceptors (Lipinski definition) is 3. The van der Waals surface area contributed by atoms with Gasteiger partial charge in [-0.3, -0.25) is 9.69 Å². The lowest BCUT2D eigenvalue weighted by molar-refractivity contribution is -0.117. The van der Waals surface area contributed by atoms with Gasteiger partial charge >= 0.3 is 0 Å². The molecular weight excluding hydrogens is 258 g/mol. The smallest absolute Gasteiger partial charge is 0.232 e. The van der Waals surface area contributed by atoms with Crippen LogP contribution in [0.4, 0.5) is 11.4 Å². The van der Waals surface area contributed by atoms with Crippen molar-refractivity contribution in [2.75, 3.05) is 10.7 Å². The fraction of sp³-hybridized carbons (Fsp3) is 0.133. The van der Waals surface area contributed by atoms with E-state index in [0.29, 0.717) is 6.42 Å². The summed E-state index contributed by atoms with van der Waals surface area (Å²) in [5.74, 6) is 1.08. The van der Waals surface area contributed by atoms with Gasteiger partial charge in [-0.15, -0.1) is 11.8 Å². The highest BCUT2D eigenvalue weighted by Gasteiger charge is 2.23. The summed E-state index contributed by atoms with van der Waals surface area (Å²) in [4.78, 5) is 15.2. The Balaban J connectivity index is 2.12. The van der Waals surface area contributed by atoms with E-state index in [1.165, 1.54) is 0 Å². The van der Waals surface area contributed by atoms with Gasteiger partial charge in [0.05, 0.1) is 5.69 Å². The van der Waals surface area contributed by atoms with E-state index in [1.54, 1.807) is 40.9 Å². The average Bonchev–Trinajstić information content (AvgIpc) is 2.58. The molecule has 0 aliphatic carbocycles. The molecule has 2 aromatic rings. The minimum Gasteiger partial charge on any atom is -0.508 e. The quantitative estimate of drug-likeness (QED) is 0.862. The second-order valence-electron chi connectivity index (χ2n) is 4.31. The summed E-state index contributed by atoms with van der Waals surface area (Å²) in [5, 5.41) is 9.36. The number of hydrogen-bond donors (Lipinski definition) is 1.